The number of aromatic nitrogens is 3. The summed E-state index contributed by atoms with van der Waals surface area (Å²) in [7, 11) is 1.69. The van der Waals surface area contributed by atoms with Gasteiger partial charge in [-0.2, -0.15) is 4.68 Å². The highest BCUT2D eigenvalue weighted by Gasteiger charge is 2.12. The van der Waals surface area contributed by atoms with Crippen LogP contribution in [0.1, 0.15) is 0 Å². The van der Waals surface area contributed by atoms with Crippen LogP contribution in [0.5, 0.6) is 0 Å². The van der Waals surface area contributed by atoms with Gasteiger partial charge in [0, 0.05) is 12.7 Å². The first-order chi connectivity index (χ1) is 7.29. The van der Waals surface area contributed by atoms with Crippen molar-refractivity contribution >= 4 is 11.7 Å². The number of anilines is 1. The first kappa shape index (κ1) is 9.39. The van der Waals surface area contributed by atoms with Gasteiger partial charge in [-0.15, -0.1) is 5.10 Å². The largest absolute Gasteiger partial charge is 0.350 e. The predicted octanol–water partition coefficient (Wildman–Crippen LogP) is 1.38. The van der Waals surface area contributed by atoms with Crippen molar-refractivity contribution in [2.45, 2.75) is 0 Å². The maximum absolute atomic E-state index is 11.8. The molecule has 0 aliphatic carbocycles. The van der Waals surface area contributed by atoms with E-state index in [2.05, 4.69) is 10.3 Å². The first-order valence-electron chi connectivity index (χ1n) is 4.48. The number of nitrogens with zero attached hydrogens (tertiary/aromatic N) is 4. The van der Waals surface area contributed by atoms with E-state index in [1.54, 1.807) is 7.05 Å². The fraction of sp³-hybridized carbons (Fsp3) is 0.100. The lowest BCUT2D eigenvalue weighted by molar-refractivity contribution is 0.245. The minimum atomic E-state index is -0.237. The Balaban J connectivity index is 2.23. The highest BCUT2D eigenvalue weighted by molar-refractivity contribution is 5.92. The third-order valence-electron chi connectivity index (χ3n) is 2.05. The molecule has 0 unspecified atom stereocenters. The number of hydrogen-bond acceptors (Lipinski definition) is 3. The Morgan fingerprint density at radius 2 is 2.07 bits per heavy atom. The summed E-state index contributed by atoms with van der Waals surface area (Å²) in [6.07, 6.45) is 2.98. The quantitative estimate of drug-likeness (QED) is 0.702. The average Bonchev–Trinajstić information content (AvgIpc) is 2.82. The normalized spacial score (nSPS) is 9.93. The number of hydrogen-bond donors (Lipinski definition) is 0. The van der Waals surface area contributed by atoms with E-state index in [4.69, 9.17) is 0 Å². The molecule has 0 radical (unpaired) electrons. The molecule has 0 aliphatic rings. The number of carbonyl (C=O) groups excluding carboxylic acids is 1. The first-order valence-corrected chi connectivity index (χ1v) is 4.48. The second kappa shape index (κ2) is 3.91. The second-order valence-electron chi connectivity index (χ2n) is 3.02. The van der Waals surface area contributed by atoms with Crippen molar-refractivity contribution in [1.82, 2.24) is 15.0 Å². The van der Waals surface area contributed by atoms with E-state index in [1.807, 2.05) is 30.3 Å². The molecule has 1 amide bonds. The third-order valence-corrected chi connectivity index (χ3v) is 2.05. The summed E-state index contributed by atoms with van der Waals surface area (Å²) in [5.41, 5.74) is 0.818. The van der Waals surface area contributed by atoms with Crippen LogP contribution in [0.3, 0.4) is 0 Å². The van der Waals surface area contributed by atoms with Gasteiger partial charge >= 0.3 is 6.03 Å². The summed E-state index contributed by atoms with van der Waals surface area (Å²) in [5, 5.41) is 7.22. The molecule has 0 N–H and O–H groups in total. The van der Waals surface area contributed by atoms with Gasteiger partial charge in [-0.05, 0) is 12.1 Å². The van der Waals surface area contributed by atoms with Crippen molar-refractivity contribution < 1.29 is 4.79 Å². The van der Waals surface area contributed by atoms with Crippen molar-refractivity contribution in [3.05, 3.63) is 42.7 Å². The zero-order valence-corrected chi connectivity index (χ0v) is 8.24. The monoisotopic (exact) mass is 202 g/mol. The van der Waals surface area contributed by atoms with Crippen LogP contribution in [0, 0.1) is 0 Å². The Labute approximate surface area is 86.9 Å². The van der Waals surface area contributed by atoms with Gasteiger partial charge in [0.05, 0.1) is 12.4 Å². The van der Waals surface area contributed by atoms with Gasteiger partial charge in [-0.25, -0.2) is 4.79 Å². The summed E-state index contributed by atoms with van der Waals surface area (Å²) in [6, 6.07) is 9.13. The zero-order chi connectivity index (χ0) is 10.7. The summed E-state index contributed by atoms with van der Waals surface area (Å²) >= 11 is 0. The van der Waals surface area contributed by atoms with Crippen molar-refractivity contribution in [3.8, 4) is 0 Å². The predicted molar refractivity (Wildman–Crippen MR) is 55.7 cm³/mol. The number of amides is 1. The molecule has 0 atom stereocenters. The molecule has 1 heterocycles. The molecular weight excluding hydrogens is 192 g/mol. The lowest BCUT2D eigenvalue weighted by Gasteiger charge is -2.15. The second-order valence-corrected chi connectivity index (χ2v) is 3.02. The number of para-hydroxylation sites is 1. The van der Waals surface area contributed by atoms with Crippen LogP contribution >= 0.6 is 0 Å². The number of carbonyl (C=O) groups is 1. The molecule has 0 spiro atoms. The van der Waals surface area contributed by atoms with Crippen molar-refractivity contribution in [1.29, 1.82) is 0 Å². The fourth-order valence-corrected chi connectivity index (χ4v) is 1.23. The van der Waals surface area contributed by atoms with E-state index in [0.29, 0.717) is 0 Å². The Morgan fingerprint density at radius 1 is 1.33 bits per heavy atom. The van der Waals surface area contributed by atoms with E-state index in [9.17, 15) is 4.79 Å². The van der Waals surface area contributed by atoms with Crippen LogP contribution < -0.4 is 4.90 Å². The maximum atomic E-state index is 11.8. The summed E-state index contributed by atoms with van der Waals surface area (Å²) in [5.74, 6) is 0. The lowest BCUT2D eigenvalue weighted by Crippen LogP contribution is -2.31. The van der Waals surface area contributed by atoms with Gasteiger partial charge in [-0.3, -0.25) is 4.90 Å². The Bertz CT molecular complexity index is 438. The van der Waals surface area contributed by atoms with Gasteiger partial charge < -0.3 is 0 Å². The topological polar surface area (TPSA) is 51.0 Å². The van der Waals surface area contributed by atoms with Gasteiger partial charge in [-0.1, -0.05) is 23.4 Å². The SMILES string of the molecule is CN(C(=O)n1ccnn1)c1ccccc1. The molecule has 2 rings (SSSR count). The minimum absolute atomic E-state index is 0.237. The summed E-state index contributed by atoms with van der Waals surface area (Å²) < 4.78 is 1.19. The van der Waals surface area contributed by atoms with Crippen molar-refractivity contribution in [3.63, 3.8) is 0 Å². The highest BCUT2D eigenvalue weighted by atomic mass is 16.2. The molecular formula is C10H10N4O. The molecule has 0 bridgehead atoms. The molecule has 15 heavy (non-hydrogen) atoms. The smallest absolute Gasteiger partial charge is 0.296 e. The van der Waals surface area contributed by atoms with Crippen molar-refractivity contribution in [2.75, 3.05) is 11.9 Å². The van der Waals surface area contributed by atoms with Crippen LogP contribution in [0.25, 0.3) is 0 Å². The van der Waals surface area contributed by atoms with E-state index < -0.39 is 0 Å². The van der Waals surface area contributed by atoms with Gasteiger partial charge in [0.1, 0.15) is 0 Å². The van der Waals surface area contributed by atoms with E-state index in [-0.39, 0.29) is 6.03 Å². The summed E-state index contributed by atoms with van der Waals surface area (Å²) in [4.78, 5) is 13.3. The third kappa shape index (κ3) is 1.85. The minimum Gasteiger partial charge on any atom is -0.296 e. The van der Waals surface area contributed by atoms with E-state index in [1.165, 1.54) is 22.0 Å². The molecule has 0 saturated heterocycles. The van der Waals surface area contributed by atoms with Crippen LogP contribution in [0.15, 0.2) is 42.7 Å². The van der Waals surface area contributed by atoms with Crippen LogP contribution in [0.4, 0.5) is 10.5 Å². The van der Waals surface area contributed by atoms with E-state index in [0.717, 1.165) is 5.69 Å². The number of benzene rings is 1. The molecule has 1 aromatic heterocycles. The summed E-state index contributed by atoms with van der Waals surface area (Å²) in [6.45, 7) is 0. The highest BCUT2D eigenvalue weighted by Crippen LogP contribution is 2.11. The molecule has 0 saturated carbocycles. The molecule has 1 aromatic carbocycles. The Kier molecular flexibility index (Phi) is 2.45. The maximum Gasteiger partial charge on any atom is 0.350 e. The van der Waals surface area contributed by atoms with Crippen LogP contribution in [-0.4, -0.2) is 28.1 Å². The Morgan fingerprint density at radius 3 is 2.67 bits per heavy atom. The molecule has 5 heteroatoms. The number of rotatable bonds is 1. The van der Waals surface area contributed by atoms with Crippen LogP contribution in [-0.2, 0) is 0 Å². The van der Waals surface area contributed by atoms with Crippen molar-refractivity contribution in [2.24, 2.45) is 0 Å². The molecule has 0 fully saturated rings. The lowest BCUT2D eigenvalue weighted by atomic mass is 10.3. The van der Waals surface area contributed by atoms with Crippen LogP contribution in [0.2, 0.25) is 0 Å². The Hall–Kier alpha value is -2.17. The van der Waals surface area contributed by atoms with Gasteiger partial charge in [0.15, 0.2) is 0 Å². The fourth-order valence-electron chi connectivity index (χ4n) is 1.23. The average molecular weight is 202 g/mol. The van der Waals surface area contributed by atoms with E-state index >= 15 is 0 Å². The molecule has 0 aliphatic heterocycles. The molecule has 5 nitrogen and oxygen atoms in total. The van der Waals surface area contributed by atoms with Gasteiger partial charge in [0.2, 0.25) is 0 Å². The molecule has 2 aromatic rings. The standard InChI is InChI=1S/C10H10N4O/c1-13(9-5-3-2-4-6-9)10(15)14-8-7-11-12-14/h2-8H,1H3. The molecule has 76 valence electrons. The zero-order valence-electron chi connectivity index (χ0n) is 8.24. The van der Waals surface area contributed by atoms with Gasteiger partial charge in [0.25, 0.3) is 0 Å².